The Balaban J connectivity index is 0.00000176. The van der Waals surface area contributed by atoms with E-state index < -0.39 is 0 Å². The molecule has 1 N–H and O–H groups in total. The van der Waals surface area contributed by atoms with E-state index in [9.17, 15) is 0 Å². The second-order valence-electron chi connectivity index (χ2n) is 5.44. The van der Waals surface area contributed by atoms with Crippen LogP contribution in [0.15, 0.2) is 34.7 Å². The molecular formula is C17H21Cl2NO2. The van der Waals surface area contributed by atoms with Gasteiger partial charge in [0.05, 0.1) is 12.6 Å². The first-order valence-corrected chi connectivity index (χ1v) is 7.78. The number of nitrogens with one attached hydrogen (secondary N) is 1. The quantitative estimate of drug-likeness (QED) is 0.862. The minimum atomic E-state index is 0. The third-order valence-electron chi connectivity index (χ3n) is 3.89. The van der Waals surface area contributed by atoms with Gasteiger partial charge in [0.2, 0.25) is 0 Å². The first-order chi connectivity index (χ1) is 10.2. The second-order valence-corrected chi connectivity index (χ2v) is 5.85. The maximum atomic E-state index is 6.16. The van der Waals surface area contributed by atoms with Crippen LogP contribution in [0.5, 0.6) is 0 Å². The summed E-state index contributed by atoms with van der Waals surface area (Å²) in [6, 6.07) is 9.89. The van der Waals surface area contributed by atoms with Crippen molar-refractivity contribution in [2.24, 2.45) is 0 Å². The number of halogens is 2. The van der Waals surface area contributed by atoms with Crippen LogP contribution in [-0.4, -0.2) is 19.3 Å². The summed E-state index contributed by atoms with van der Waals surface area (Å²) in [4.78, 5) is 0. The summed E-state index contributed by atoms with van der Waals surface area (Å²) in [7, 11) is 0. The van der Waals surface area contributed by atoms with Gasteiger partial charge in [-0.2, -0.15) is 0 Å². The number of hydrogen-bond acceptors (Lipinski definition) is 3. The summed E-state index contributed by atoms with van der Waals surface area (Å²) in [6.45, 7) is 4.51. The summed E-state index contributed by atoms with van der Waals surface area (Å²) in [5.74, 6) is 1.80. The van der Waals surface area contributed by atoms with Gasteiger partial charge < -0.3 is 14.5 Å². The Morgan fingerprint density at radius 1 is 1.27 bits per heavy atom. The number of benzene rings is 1. The third-order valence-corrected chi connectivity index (χ3v) is 4.30. The molecule has 1 fully saturated rings. The molecule has 1 aliphatic rings. The molecule has 1 aromatic heterocycles. The molecule has 0 amide bonds. The van der Waals surface area contributed by atoms with Gasteiger partial charge in [-0.25, -0.2) is 0 Å². The zero-order valence-corrected chi connectivity index (χ0v) is 14.2. The Kier molecular flexibility index (Phi) is 6.33. The van der Waals surface area contributed by atoms with E-state index in [1.165, 1.54) is 6.42 Å². The highest BCUT2D eigenvalue weighted by Crippen LogP contribution is 2.29. The highest BCUT2D eigenvalue weighted by atomic mass is 35.5. The smallest absolute Gasteiger partial charge is 0.134 e. The summed E-state index contributed by atoms with van der Waals surface area (Å²) < 4.78 is 11.5. The molecule has 5 heteroatoms. The van der Waals surface area contributed by atoms with E-state index in [4.69, 9.17) is 20.8 Å². The SMILES string of the molecule is Cc1c(Cl)cccc1-c1ccc(CNCC2CCCO2)o1.Cl. The fraction of sp³-hybridized carbons (Fsp3) is 0.412. The van der Waals surface area contributed by atoms with Gasteiger partial charge >= 0.3 is 0 Å². The van der Waals surface area contributed by atoms with Crippen LogP contribution in [0.3, 0.4) is 0 Å². The maximum absolute atomic E-state index is 6.16. The number of ether oxygens (including phenoxy) is 1. The van der Waals surface area contributed by atoms with Crippen LogP contribution >= 0.6 is 24.0 Å². The van der Waals surface area contributed by atoms with E-state index in [2.05, 4.69) is 5.32 Å². The van der Waals surface area contributed by atoms with Crippen molar-refractivity contribution in [1.82, 2.24) is 5.32 Å². The Hall–Kier alpha value is -1.00. The Labute approximate surface area is 142 Å². The van der Waals surface area contributed by atoms with Gasteiger partial charge in [0.15, 0.2) is 0 Å². The van der Waals surface area contributed by atoms with E-state index in [-0.39, 0.29) is 12.4 Å². The molecule has 0 spiro atoms. The van der Waals surface area contributed by atoms with E-state index in [1.807, 2.05) is 37.3 Å². The van der Waals surface area contributed by atoms with Crippen LogP contribution in [0.4, 0.5) is 0 Å². The number of furan rings is 1. The summed E-state index contributed by atoms with van der Waals surface area (Å²) in [5.41, 5.74) is 2.10. The van der Waals surface area contributed by atoms with Gasteiger partial charge in [-0.15, -0.1) is 12.4 Å². The Bertz CT molecular complexity index is 606. The lowest BCUT2D eigenvalue weighted by atomic mass is 10.1. The first kappa shape index (κ1) is 17.4. The van der Waals surface area contributed by atoms with Gasteiger partial charge in [-0.3, -0.25) is 0 Å². The van der Waals surface area contributed by atoms with Crippen molar-refractivity contribution in [3.05, 3.63) is 46.7 Å². The zero-order valence-electron chi connectivity index (χ0n) is 12.6. The first-order valence-electron chi connectivity index (χ1n) is 7.40. The number of hydrogen-bond donors (Lipinski definition) is 1. The standard InChI is InChI=1S/C17H20ClNO2.ClH/c1-12-15(5-2-6-16(12)18)17-8-7-14(21-17)11-19-10-13-4-3-9-20-13;/h2,5-8,13,19H,3-4,9-11H2,1H3;1H. The molecule has 0 radical (unpaired) electrons. The van der Waals surface area contributed by atoms with Gasteiger partial charge in [0.1, 0.15) is 11.5 Å². The molecule has 120 valence electrons. The van der Waals surface area contributed by atoms with E-state index >= 15 is 0 Å². The zero-order chi connectivity index (χ0) is 14.7. The molecular weight excluding hydrogens is 321 g/mol. The largest absolute Gasteiger partial charge is 0.460 e. The van der Waals surface area contributed by atoms with Crippen LogP contribution in [-0.2, 0) is 11.3 Å². The fourth-order valence-corrected chi connectivity index (χ4v) is 2.83. The van der Waals surface area contributed by atoms with Crippen LogP contribution < -0.4 is 5.32 Å². The molecule has 1 aromatic carbocycles. The average Bonchev–Trinajstić information content (AvgIpc) is 3.14. The van der Waals surface area contributed by atoms with Gasteiger partial charge in [0.25, 0.3) is 0 Å². The molecule has 1 unspecified atom stereocenters. The highest BCUT2D eigenvalue weighted by molar-refractivity contribution is 6.31. The molecule has 2 aromatic rings. The molecule has 0 saturated carbocycles. The van der Waals surface area contributed by atoms with Crippen molar-refractivity contribution < 1.29 is 9.15 Å². The van der Waals surface area contributed by atoms with Crippen LogP contribution in [0.2, 0.25) is 5.02 Å². The van der Waals surface area contributed by atoms with E-state index in [0.717, 1.165) is 53.8 Å². The molecule has 1 aliphatic heterocycles. The van der Waals surface area contributed by atoms with Crippen LogP contribution in [0.25, 0.3) is 11.3 Å². The van der Waals surface area contributed by atoms with E-state index in [1.54, 1.807) is 0 Å². The minimum Gasteiger partial charge on any atom is -0.460 e. The van der Waals surface area contributed by atoms with Crippen molar-refractivity contribution >= 4 is 24.0 Å². The lowest BCUT2D eigenvalue weighted by Gasteiger charge is -2.09. The molecule has 3 nitrogen and oxygen atoms in total. The normalized spacial score (nSPS) is 17.5. The Morgan fingerprint density at radius 2 is 2.14 bits per heavy atom. The highest BCUT2D eigenvalue weighted by Gasteiger charge is 2.15. The maximum Gasteiger partial charge on any atom is 0.134 e. The topological polar surface area (TPSA) is 34.4 Å². The van der Waals surface area contributed by atoms with Gasteiger partial charge in [-0.1, -0.05) is 23.7 Å². The van der Waals surface area contributed by atoms with Crippen molar-refractivity contribution in [3.63, 3.8) is 0 Å². The fourth-order valence-electron chi connectivity index (χ4n) is 2.65. The summed E-state index contributed by atoms with van der Waals surface area (Å²) in [5, 5.41) is 4.16. The predicted octanol–water partition coefficient (Wildman–Crippen LogP) is 4.60. The average molecular weight is 342 g/mol. The molecule has 22 heavy (non-hydrogen) atoms. The van der Waals surface area contributed by atoms with Crippen LogP contribution in [0.1, 0.15) is 24.2 Å². The monoisotopic (exact) mass is 341 g/mol. The Morgan fingerprint density at radius 3 is 2.91 bits per heavy atom. The molecule has 0 aliphatic carbocycles. The predicted molar refractivity (Wildman–Crippen MR) is 91.8 cm³/mol. The molecule has 1 atom stereocenters. The molecule has 3 rings (SSSR count). The van der Waals surface area contributed by atoms with Crippen molar-refractivity contribution in [3.8, 4) is 11.3 Å². The van der Waals surface area contributed by atoms with E-state index in [0.29, 0.717) is 6.10 Å². The van der Waals surface area contributed by atoms with Gasteiger partial charge in [-0.05, 0) is 43.5 Å². The van der Waals surface area contributed by atoms with Crippen molar-refractivity contribution in [2.45, 2.75) is 32.4 Å². The molecule has 2 heterocycles. The van der Waals surface area contributed by atoms with Crippen molar-refractivity contribution in [2.75, 3.05) is 13.2 Å². The number of rotatable bonds is 5. The molecule has 0 bridgehead atoms. The lowest BCUT2D eigenvalue weighted by molar-refractivity contribution is 0.109. The third kappa shape index (κ3) is 4.05. The minimum absolute atomic E-state index is 0. The van der Waals surface area contributed by atoms with Gasteiger partial charge in [0, 0.05) is 23.7 Å². The second kappa shape index (κ2) is 8.02. The van der Waals surface area contributed by atoms with Crippen LogP contribution in [0, 0.1) is 6.92 Å². The lowest BCUT2D eigenvalue weighted by Crippen LogP contribution is -2.25. The summed E-state index contributed by atoms with van der Waals surface area (Å²) >= 11 is 6.16. The summed E-state index contributed by atoms with van der Waals surface area (Å²) in [6.07, 6.45) is 2.68. The molecule has 1 saturated heterocycles. The van der Waals surface area contributed by atoms with Crippen molar-refractivity contribution in [1.29, 1.82) is 0 Å².